The van der Waals surface area contributed by atoms with E-state index in [1.54, 1.807) is 0 Å². The molecule has 0 aromatic carbocycles. The topological polar surface area (TPSA) is 25.2 Å². The van der Waals surface area contributed by atoms with Gasteiger partial charge in [-0.1, -0.05) is 0 Å². The molecule has 62 valence electrons. The first-order chi connectivity index (χ1) is 6.43. The minimum absolute atomic E-state index is 0.967. The van der Waals surface area contributed by atoms with Crippen molar-refractivity contribution in [3.63, 3.8) is 0 Å². The number of pyridine rings is 1. The molecule has 0 atom stereocenters. The third kappa shape index (κ3) is 0.952. The van der Waals surface area contributed by atoms with Crippen molar-refractivity contribution >= 4 is 12.3 Å². The van der Waals surface area contributed by atoms with Gasteiger partial charge in [0, 0.05) is 25.0 Å². The average molecular weight is 168 g/mol. The third-order valence-electron chi connectivity index (χ3n) is 2.43. The Bertz CT molecular complexity index is 453. The van der Waals surface area contributed by atoms with Gasteiger partial charge in [0.1, 0.15) is 0 Å². The van der Waals surface area contributed by atoms with Gasteiger partial charge in [0.2, 0.25) is 0 Å². The summed E-state index contributed by atoms with van der Waals surface area (Å²) in [5.74, 6) is 0. The zero-order valence-electron chi connectivity index (χ0n) is 7.07. The molecular weight excluding hydrogens is 160 g/mol. The summed E-state index contributed by atoms with van der Waals surface area (Å²) < 4.78 is 0. The van der Waals surface area contributed by atoms with E-state index < -0.39 is 0 Å². The van der Waals surface area contributed by atoms with Crippen LogP contribution >= 0.6 is 0 Å². The van der Waals surface area contributed by atoms with Crippen LogP contribution in [0, 0.1) is 0 Å². The fourth-order valence-corrected chi connectivity index (χ4v) is 1.73. The zero-order valence-corrected chi connectivity index (χ0v) is 7.07. The van der Waals surface area contributed by atoms with Gasteiger partial charge in [-0.25, -0.2) is 0 Å². The highest BCUT2D eigenvalue weighted by Crippen LogP contribution is 2.29. The highest BCUT2D eigenvalue weighted by molar-refractivity contribution is 5.84. The second-order valence-electron chi connectivity index (χ2n) is 3.25. The van der Waals surface area contributed by atoms with Gasteiger partial charge < -0.3 is 0 Å². The van der Waals surface area contributed by atoms with Crippen molar-refractivity contribution in [2.24, 2.45) is 4.99 Å². The summed E-state index contributed by atoms with van der Waals surface area (Å²) >= 11 is 0. The first kappa shape index (κ1) is 6.78. The Hall–Kier alpha value is -1.70. The number of fused-ring (bicyclic) bond motifs is 2. The maximum absolute atomic E-state index is 4.28. The lowest BCUT2D eigenvalue weighted by molar-refractivity contribution is 1.09. The first-order valence-corrected chi connectivity index (χ1v) is 4.32. The number of aliphatic imine (C=N–C) groups is 1. The van der Waals surface area contributed by atoms with E-state index in [1.165, 1.54) is 16.7 Å². The maximum atomic E-state index is 4.28. The highest BCUT2D eigenvalue weighted by atomic mass is 14.8. The van der Waals surface area contributed by atoms with E-state index in [4.69, 9.17) is 0 Å². The van der Waals surface area contributed by atoms with Crippen LogP contribution in [0.2, 0.25) is 0 Å². The Labute approximate surface area is 76.3 Å². The van der Waals surface area contributed by atoms with Gasteiger partial charge in [-0.15, -0.1) is 0 Å². The summed E-state index contributed by atoms with van der Waals surface area (Å²) in [6, 6.07) is 2.03. The standard InChI is InChI=1S/C11H8N2/c1-3-12-7-10-5-9-2-4-13-11(9)6-8(1)10/h1-4,6-7H,5H2. The number of allylic oxidation sites excluding steroid dienone is 2. The summed E-state index contributed by atoms with van der Waals surface area (Å²) in [4.78, 5) is 8.39. The predicted molar refractivity (Wildman–Crippen MR) is 52.5 cm³/mol. The van der Waals surface area contributed by atoms with Crippen molar-refractivity contribution < 1.29 is 0 Å². The minimum atomic E-state index is 0.967. The van der Waals surface area contributed by atoms with E-state index in [2.05, 4.69) is 22.1 Å². The van der Waals surface area contributed by atoms with Crippen LogP contribution < -0.4 is 0 Å². The quantitative estimate of drug-likeness (QED) is 0.581. The average Bonchev–Trinajstić information content (AvgIpc) is 2.61. The smallest absolute Gasteiger partial charge is 0.0671 e. The van der Waals surface area contributed by atoms with Crippen molar-refractivity contribution in [3.05, 3.63) is 46.9 Å². The van der Waals surface area contributed by atoms with E-state index in [1.807, 2.05) is 24.7 Å². The molecule has 0 amide bonds. The van der Waals surface area contributed by atoms with E-state index in [9.17, 15) is 0 Å². The Morgan fingerprint density at radius 2 is 2.31 bits per heavy atom. The number of rotatable bonds is 0. The largest absolute Gasteiger partial charge is 0.264 e. The monoisotopic (exact) mass is 168 g/mol. The molecule has 0 spiro atoms. The molecule has 0 saturated carbocycles. The molecule has 1 aromatic rings. The molecule has 0 saturated heterocycles. The molecular formula is C11H8N2. The van der Waals surface area contributed by atoms with Gasteiger partial charge in [-0.05, 0) is 34.9 Å². The molecule has 2 nitrogen and oxygen atoms in total. The van der Waals surface area contributed by atoms with Crippen LogP contribution in [0.3, 0.4) is 0 Å². The van der Waals surface area contributed by atoms with E-state index in [0.717, 1.165) is 12.1 Å². The fraction of sp³-hybridized carbons (Fsp3) is 0.0909. The summed E-state index contributed by atoms with van der Waals surface area (Å²) in [5.41, 5.74) is 4.96. The lowest BCUT2D eigenvalue weighted by Crippen LogP contribution is -2.00. The van der Waals surface area contributed by atoms with Crippen LogP contribution in [0.5, 0.6) is 0 Å². The molecule has 13 heavy (non-hydrogen) atoms. The lowest BCUT2D eigenvalue weighted by Gasteiger charge is -2.13. The number of hydrogen-bond donors (Lipinski definition) is 0. The van der Waals surface area contributed by atoms with Gasteiger partial charge in [0.05, 0.1) is 5.70 Å². The van der Waals surface area contributed by atoms with Crippen LogP contribution in [-0.4, -0.2) is 11.2 Å². The zero-order chi connectivity index (χ0) is 8.67. The number of nitrogens with zero attached hydrogens (tertiary/aromatic N) is 2. The molecule has 3 rings (SSSR count). The predicted octanol–water partition coefficient (Wildman–Crippen LogP) is 1.99. The lowest BCUT2D eigenvalue weighted by atomic mass is 9.94. The fourth-order valence-electron chi connectivity index (χ4n) is 1.73. The van der Waals surface area contributed by atoms with Crippen molar-refractivity contribution in [1.82, 2.24) is 4.98 Å². The van der Waals surface area contributed by atoms with Crippen molar-refractivity contribution in [2.75, 3.05) is 0 Å². The molecule has 1 aliphatic heterocycles. The van der Waals surface area contributed by atoms with Crippen molar-refractivity contribution in [3.8, 4) is 0 Å². The van der Waals surface area contributed by atoms with Crippen molar-refractivity contribution in [1.29, 1.82) is 0 Å². The highest BCUT2D eigenvalue weighted by Gasteiger charge is 2.16. The second kappa shape index (κ2) is 2.39. The Morgan fingerprint density at radius 3 is 3.31 bits per heavy atom. The van der Waals surface area contributed by atoms with E-state index in [0.29, 0.717) is 0 Å². The second-order valence-corrected chi connectivity index (χ2v) is 3.25. The van der Waals surface area contributed by atoms with Crippen molar-refractivity contribution in [2.45, 2.75) is 6.42 Å². The SMILES string of the molecule is C1=NC2=Cc3ccncc3CC2=C1. The molecule has 0 unspecified atom stereocenters. The van der Waals surface area contributed by atoms with Gasteiger partial charge in [0.25, 0.3) is 0 Å². The minimum Gasteiger partial charge on any atom is -0.264 e. The summed E-state index contributed by atoms with van der Waals surface area (Å²) in [6.45, 7) is 0. The maximum Gasteiger partial charge on any atom is 0.0671 e. The summed E-state index contributed by atoms with van der Waals surface area (Å²) in [5, 5.41) is 0. The first-order valence-electron chi connectivity index (χ1n) is 4.32. The Kier molecular flexibility index (Phi) is 1.25. The molecule has 0 N–H and O–H groups in total. The molecule has 1 aliphatic carbocycles. The molecule has 0 bridgehead atoms. The normalized spacial score (nSPS) is 17.5. The van der Waals surface area contributed by atoms with E-state index in [-0.39, 0.29) is 0 Å². The summed E-state index contributed by atoms with van der Waals surface area (Å²) in [7, 11) is 0. The van der Waals surface area contributed by atoms with Crippen LogP contribution in [0.25, 0.3) is 6.08 Å². The molecule has 0 fully saturated rings. The molecule has 2 aliphatic rings. The molecule has 2 heterocycles. The van der Waals surface area contributed by atoms with Gasteiger partial charge in [-0.3, -0.25) is 9.98 Å². The van der Waals surface area contributed by atoms with Gasteiger partial charge in [0.15, 0.2) is 0 Å². The number of aromatic nitrogens is 1. The van der Waals surface area contributed by atoms with Crippen LogP contribution in [0.4, 0.5) is 0 Å². The molecule has 2 heteroatoms. The summed E-state index contributed by atoms with van der Waals surface area (Å²) in [6.07, 6.45) is 10.8. The van der Waals surface area contributed by atoms with E-state index >= 15 is 0 Å². The Morgan fingerprint density at radius 1 is 1.31 bits per heavy atom. The van der Waals surface area contributed by atoms with Gasteiger partial charge in [-0.2, -0.15) is 0 Å². The van der Waals surface area contributed by atoms with Crippen LogP contribution in [0.1, 0.15) is 11.1 Å². The van der Waals surface area contributed by atoms with Crippen LogP contribution in [-0.2, 0) is 6.42 Å². The van der Waals surface area contributed by atoms with Gasteiger partial charge >= 0.3 is 0 Å². The number of hydrogen-bond acceptors (Lipinski definition) is 2. The molecule has 1 aromatic heterocycles. The Balaban J connectivity index is 2.21. The van der Waals surface area contributed by atoms with Crippen LogP contribution in [0.15, 0.2) is 40.8 Å². The molecule has 0 radical (unpaired) electrons. The third-order valence-corrected chi connectivity index (χ3v) is 2.43.